The van der Waals surface area contributed by atoms with Crippen molar-refractivity contribution in [1.82, 2.24) is 10.3 Å². The fourth-order valence-electron chi connectivity index (χ4n) is 2.36. The van der Waals surface area contributed by atoms with Crippen molar-refractivity contribution in [3.63, 3.8) is 0 Å². The molecule has 1 aromatic carbocycles. The highest BCUT2D eigenvalue weighted by Gasteiger charge is 2.41. The average Bonchev–Trinajstić information content (AvgIpc) is 2.62. The number of rotatable bonds is 4. The van der Waals surface area contributed by atoms with E-state index in [4.69, 9.17) is 4.74 Å². The van der Waals surface area contributed by atoms with E-state index in [1.54, 1.807) is 48.8 Å². The van der Waals surface area contributed by atoms with Crippen LogP contribution in [0.5, 0.6) is 5.75 Å². The van der Waals surface area contributed by atoms with E-state index in [1.165, 1.54) is 13.3 Å². The van der Waals surface area contributed by atoms with Gasteiger partial charge >= 0.3 is 6.03 Å². The van der Waals surface area contributed by atoms with Gasteiger partial charge in [0, 0.05) is 18.6 Å². The number of hydrogen-bond acceptors (Lipinski definition) is 6. The molecular weight excluding hydrogens is 324 g/mol. The predicted octanol–water partition coefficient (Wildman–Crippen LogP) is 1.69. The zero-order valence-corrected chi connectivity index (χ0v) is 13.2. The zero-order valence-electron chi connectivity index (χ0n) is 13.2. The largest absolute Gasteiger partial charge is 0.495 e. The van der Waals surface area contributed by atoms with Crippen molar-refractivity contribution < 1.29 is 19.1 Å². The van der Waals surface area contributed by atoms with Crippen molar-refractivity contribution in [2.45, 2.75) is 0 Å². The Morgan fingerprint density at radius 3 is 2.60 bits per heavy atom. The number of amides is 4. The highest BCUT2D eigenvalue weighted by atomic mass is 16.5. The molecule has 0 unspecified atom stereocenters. The second-order valence-electron chi connectivity index (χ2n) is 5.10. The molecule has 0 aliphatic carbocycles. The summed E-state index contributed by atoms with van der Waals surface area (Å²) in [6.45, 7) is 0. The fourth-order valence-corrected chi connectivity index (χ4v) is 2.36. The van der Waals surface area contributed by atoms with Gasteiger partial charge in [-0.3, -0.25) is 24.9 Å². The zero-order chi connectivity index (χ0) is 17.8. The number of barbiturate groups is 1. The summed E-state index contributed by atoms with van der Waals surface area (Å²) in [6.07, 6.45) is 4.29. The maximum atomic E-state index is 12.7. The Hall–Kier alpha value is -3.55. The van der Waals surface area contributed by atoms with Gasteiger partial charge in [-0.05, 0) is 24.3 Å². The van der Waals surface area contributed by atoms with E-state index >= 15 is 0 Å². The molecule has 2 aromatic rings. The molecule has 8 nitrogen and oxygen atoms in total. The number of carbonyl (C=O) groups excluding carboxylic acids is 3. The number of nitrogens with one attached hydrogen (secondary N) is 1. The normalized spacial score (nSPS) is 17.7. The van der Waals surface area contributed by atoms with E-state index in [9.17, 15) is 14.4 Å². The van der Waals surface area contributed by atoms with Crippen LogP contribution < -0.4 is 15.0 Å². The van der Waals surface area contributed by atoms with Gasteiger partial charge in [0.1, 0.15) is 5.75 Å². The summed E-state index contributed by atoms with van der Waals surface area (Å²) in [5, 5.41) is 2.16. The molecular formula is C17H14N4O4. The number of anilines is 1. The minimum atomic E-state index is -1.23. The third-order valence-corrected chi connectivity index (χ3v) is 3.56. The number of methoxy groups -OCH3 is 1. The van der Waals surface area contributed by atoms with Gasteiger partial charge in [0.2, 0.25) is 5.91 Å². The summed E-state index contributed by atoms with van der Waals surface area (Å²) in [7, 11) is 1.43. The number of aromatic nitrogens is 1. The lowest BCUT2D eigenvalue weighted by Gasteiger charge is -2.29. The minimum absolute atomic E-state index is 0.252. The summed E-state index contributed by atoms with van der Waals surface area (Å²) < 4.78 is 5.19. The summed E-state index contributed by atoms with van der Waals surface area (Å²) in [5.74, 6) is -2.31. The lowest BCUT2D eigenvalue weighted by Crippen LogP contribution is -2.58. The van der Waals surface area contributed by atoms with Gasteiger partial charge in [-0.1, -0.05) is 12.1 Å². The Balaban J connectivity index is 1.93. The van der Waals surface area contributed by atoms with Crippen molar-refractivity contribution in [3.05, 3.63) is 48.8 Å². The number of urea groups is 1. The first-order valence-corrected chi connectivity index (χ1v) is 7.38. The van der Waals surface area contributed by atoms with Crippen LogP contribution in [0.2, 0.25) is 0 Å². The number of carbonyl (C=O) groups is 3. The summed E-state index contributed by atoms with van der Waals surface area (Å²) >= 11 is 0. The summed E-state index contributed by atoms with van der Waals surface area (Å²) in [4.78, 5) is 45.8. The van der Waals surface area contributed by atoms with Gasteiger partial charge in [0.05, 0.1) is 18.5 Å². The van der Waals surface area contributed by atoms with Gasteiger partial charge in [0.15, 0.2) is 5.92 Å². The SMILES string of the molecule is COc1ccccc1N1C(=O)NC(=O)[C@@H](C=Nc2ccncc2)C1=O. The van der Waals surface area contributed by atoms with Gasteiger partial charge in [-0.2, -0.15) is 0 Å². The molecule has 0 saturated carbocycles. The highest BCUT2D eigenvalue weighted by molar-refractivity contribution is 6.33. The third-order valence-electron chi connectivity index (χ3n) is 3.56. The summed E-state index contributed by atoms with van der Waals surface area (Å²) in [5.41, 5.74) is 0.790. The van der Waals surface area contributed by atoms with Gasteiger partial charge < -0.3 is 4.74 Å². The third kappa shape index (κ3) is 3.23. The van der Waals surface area contributed by atoms with Crippen LogP contribution in [0.3, 0.4) is 0 Å². The lowest BCUT2D eigenvalue weighted by molar-refractivity contribution is -0.131. The van der Waals surface area contributed by atoms with Crippen molar-refractivity contribution in [3.8, 4) is 5.75 Å². The quantitative estimate of drug-likeness (QED) is 0.675. The Labute approximate surface area is 143 Å². The van der Waals surface area contributed by atoms with Crippen molar-refractivity contribution >= 4 is 35.4 Å². The lowest BCUT2D eigenvalue weighted by atomic mass is 10.1. The first-order chi connectivity index (χ1) is 12.1. The monoisotopic (exact) mass is 338 g/mol. The molecule has 1 aromatic heterocycles. The van der Waals surface area contributed by atoms with Crippen LogP contribution in [0, 0.1) is 5.92 Å². The van der Waals surface area contributed by atoms with E-state index in [0.29, 0.717) is 11.4 Å². The van der Waals surface area contributed by atoms with E-state index in [0.717, 1.165) is 4.90 Å². The topological polar surface area (TPSA) is 101 Å². The fraction of sp³-hybridized carbons (Fsp3) is 0.118. The first kappa shape index (κ1) is 16.3. The number of imide groups is 2. The van der Waals surface area contributed by atoms with Crippen LogP contribution in [-0.4, -0.2) is 36.2 Å². The van der Waals surface area contributed by atoms with Crippen molar-refractivity contribution in [1.29, 1.82) is 0 Å². The van der Waals surface area contributed by atoms with E-state index in [2.05, 4.69) is 15.3 Å². The van der Waals surface area contributed by atoms with E-state index in [1.807, 2.05) is 0 Å². The van der Waals surface area contributed by atoms with Crippen LogP contribution in [0.4, 0.5) is 16.2 Å². The number of ether oxygens (including phenoxy) is 1. The second kappa shape index (κ2) is 6.91. The van der Waals surface area contributed by atoms with Crippen molar-refractivity contribution in [2.24, 2.45) is 10.9 Å². The smallest absolute Gasteiger partial charge is 0.335 e. The van der Waals surface area contributed by atoms with Gasteiger partial charge in [-0.25, -0.2) is 9.69 Å². The number of aliphatic imine (C=N–C) groups is 1. The van der Waals surface area contributed by atoms with Gasteiger partial charge in [-0.15, -0.1) is 0 Å². The van der Waals surface area contributed by atoms with Gasteiger partial charge in [0.25, 0.3) is 5.91 Å². The molecule has 1 atom stereocenters. The Morgan fingerprint density at radius 1 is 1.16 bits per heavy atom. The predicted molar refractivity (Wildman–Crippen MR) is 89.9 cm³/mol. The van der Waals surface area contributed by atoms with Crippen LogP contribution in [0.1, 0.15) is 0 Å². The maximum Gasteiger partial charge on any atom is 0.335 e. The first-order valence-electron chi connectivity index (χ1n) is 7.38. The second-order valence-corrected chi connectivity index (χ2v) is 5.10. The van der Waals surface area contributed by atoms with Crippen LogP contribution >= 0.6 is 0 Å². The van der Waals surface area contributed by atoms with Crippen LogP contribution in [0.25, 0.3) is 0 Å². The van der Waals surface area contributed by atoms with E-state index in [-0.39, 0.29) is 5.69 Å². The number of para-hydroxylation sites is 2. The molecule has 1 fully saturated rings. The summed E-state index contributed by atoms with van der Waals surface area (Å²) in [6, 6.07) is 8.98. The number of hydrogen-bond donors (Lipinski definition) is 1. The molecule has 2 heterocycles. The maximum absolute atomic E-state index is 12.7. The molecule has 0 bridgehead atoms. The molecule has 126 valence electrons. The Bertz CT molecular complexity index is 851. The molecule has 1 aliphatic rings. The molecule has 1 N–H and O–H groups in total. The molecule has 4 amide bonds. The molecule has 1 saturated heterocycles. The highest BCUT2D eigenvalue weighted by Crippen LogP contribution is 2.30. The molecule has 8 heteroatoms. The Kier molecular flexibility index (Phi) is 4.51. The molecule has 1 aliphatic heterocycles. The molecule has 3 rings (SSSR count). The Morgan fingerprint density at radius 2 is 1.88 bits per heavy atom. The average molecular weight is 338 g/mol. The van der Waals surface area contributed by atoms with E-state index < -0.39 is 23.8 Å². The van der Waals surface area contributed by atoms with Crippen LogP contribution in [-0.2, 0) is 9.59 Å². The van der Waals surface area contributed by atoms with Crippen LogP contribution in [0.15, 0.2) is 53.8 Å². The number of nitrogens with zero attached hydrogens (tertiary/aromatic N) is 3. The number of benzene rings is 1. The number of pyridine rings is 1. The molecule has 0 spiro atoms. The minimum Gasteiger partial charge on any atom is -0.495 e. The molecule has 0 radical (unpaired) electrons. The molecule has 25 heavy (non-hydrogen) atoms. The van der Waals surface area contributed by atoms with Crippen molar-refractivity contribution in [2.75, 3.05) is 12.0 Å². The standard InChI is InChI=1S/C17H14N4O4/c1-25-14-5-3-2-4-13(14)21-16(23)12(15(22)20-17(21)24)10-19-11-6-8-18-9-7-11/h2-10,12H,1H3,(H,20,22,24)/t12-/m1/s1.